The Hall–Kier alpha value is -2.35. The van der Waals surface area contributed by atoms with Crippen LogP contribution in [0.3, 0.4) is 0 Å². The normalized spacial score (nSPS) is 22.3. The van der Waals surface area contributed by atoms with Crippen LogP contribution in [0.1, 0.15) is 17.0 Å². The van der Waals surface area contributed by atoms with Crippen molar-refractivity contribution in [3.05, 3.63) is 24.2 Å². The number of hydrazine groups is 1. The van der Waals surface area contributed by atoms with Gasteiger partial charge in [0.05, 0.1) is 12.7 Å². The predicted molar refractivity (Wildman–Crippen MR) is 70.9 cm³/mol. The monoisotopic (exact) mass is 292 g/mol. The van der Waals surface area contributed by atoms with E-state index in [0.717, 1.165) is 0 Å². The number of hydrogen-bond acceptors (Lipinski definition) is 5. The molecule has 1 aromatic heterocycles. The first-order chi connectivity index (χ1) is 10.1. The predicted octanol–water partition coefficient (Wildman–Crippen LogP) is -1.04. The zero-order valence-corrected chi connectivity index (χ0v) is 11.4. The molecule has 0 saturated carbocycles. The Morgan fingerprint density at radius 1 is 1.19 bits per heavy atom. The minimum absolute atomic E-state index is 0.113. The molecule has 21 heavy (non-hydrogen) atoms. The minimum atomic E-state index is -0.509. The van der Waals surface area contributed by atoms with Crippen molar-refractivity contribution < 1.29 is 18.8 Å². The number of nitrogens with one attached hydrogen (secondary N) is 2. The maximum absolute atomic E-state index is 12.2. The number of amides is 3. The van der Waals surface area contributed by atoms with Crippen molar-refractivity contribution >= 4 is 17.7 Å². The molecule has 3 amide bonds. The summed E-state index contributed by atoms with van der Waals surface area (Å²) in [6.45, 7) is 1.83. The summed E-state index contributed by atoms with van der Waals surface area (Å²) < 4.78 is 5.09. The lowest BCUT2D eigenvalue weighted by Crippen LogP contribution is -2.54. The van der Waals surface area contributed by atoms with E-state index in [2.05, 4.69) is 10.9 Å². The molecule has 2 saturated heterocycles. The van der Waals surface area contributed by atoms with Crippen LogP contribution in [0.5, 0.6) is 0 Å². The van der Waals surface area contributed by atoms with Gasteiger partial charge in [-0.05, 0) is 12.1 Å². The summed E-state index contributed by atoms with van der Waals surface area (Å²) in [7, 11) is 0. The van der Waals surface area contributed by atoms with Crippen molar-refractivity contribution in [2.24, 2.45) is 0 Å². The van der Waals surface area contributed by atoms with Crippen molar-refractivity contribution in [3.63, 3.8) is 0 Å². The Morgan fingerprint density at radius 2 is 1.90 bits per heavy atom. The summed E-state index contributed by atoms with van der Waals surface area (Å²) in [6, 6.07) is 2.78. The number of hydrogen-bond donors (Lipinski definition) is 2. The third kappa shape index (κ3) is 2.75. The van der Waals surface area contributed by atoms with Gasteiger partial charge in [0.2, 0.25) is 11.8 Å². The molecule has 0 spiro atoms. The van der Waals surface area contributed by atoms with Gasteiger partial charge in [0, 0.05) is 26.2 Å². The molecule has 3 heterocycles. The van der Waals surface area contributed by atoms with Gasteiger partial charge in [-0.3, -0.25) is 19.8 Å². The van der Waals surface area contributed by atoms with Crippen LogP contribution in [0.2, 0.25) is 0 Å². The molecule has 8 nitrogen and oxygen atoms in total. The maximum Gasteiger partial charge on any atom is 0.289 e. The summed E-state index contributed by atoms with van der Waals surface area (Å²) >= 11 is 0. The topological polar surface area (TPSA) is 94.9 Å². The van der Waals surface area contributed by atoms with Crippen molar-refractivity contribution in [2.75, 3.05) is 26.2 Å². The first-order valence-electron chi connectivity index (χ1n) is 6.81. The molecule has 112 valence electrons. The van der Waals surface area contributed by atoms with Crippen LogP contribution < -0.4 is 10.9 Å². The SMILES string of the molecule is O=C1CC(C(=O)N2CCN(C(=O)c3ccco3)CC2)NN1. The van der Waals surface area contributed by atoms with Crippen molar-refractivity contribution in [3.8, 4) is 0 Å². The zero-order valence-electron chi connectivity index (χ0n) is 11.4. The third-order valence-electron chi connectivity index (χ3n) is 3.68. The highest BCUT2D eigenvalue weighted by Crippen LogP contribution is 2.11. The largest absolute Gasteiger partial charge is 0.459 e. The fourth-order valence-corrected chi connectivity index (χ4v) is 2.51. The van der Waals surface area contributed by atoms with Gasteiger partial charge in [-0.1, -0.05) is 0 Å². The summed E-state index contributed by atoms with van der Waals surface area (Å²) in [5, 5.41) is 0. The molecule has 0 aliphatic carbocycles. The van der Waals surface area contributed by atoms with Gasteiger partial charge >= 0.3 is 0 Å². The van der Waals surface area contributed by atoms with Gasteiger partial charge in [-0.15, -0.1) is 0 Å². The molecular weight excluding hydrogens is 276 g/mol. The van der Waals surface area contributed by atoms with Crippen LogP contribution in [0.25, 0.3) is 0 Å². The Balaban J connectivity index is 1.54. The van der Waals surface area contributed by atoms with Gasteiger partial charge in [-0.25, -0.2) is 5.43 Å². The standard InChI is InChI=1S/C13H16N4O4/c18-11-8-9(14-15-11)12(19)16-3-5-17(6-4-16)13(20)10-2-1-7-21-10/h1-2,7,9,14H,3-6,8H2,(H,15,18). The van der Waals surface area contributed by atoms with Crippen molar-refractivity contribution in [2.45, 2.75) is 12.5 Å². The maximum atomic E-state index is 12.2. The van der Waals surface area contributed by atoms with Gasteiger partial charge in [0.15, 0.2) is 5.76 Å². The summed E-state index contributed by atoms with van der Waals surface area (Å²) in [4.78, 5) is 38.7. The first kappa shape index (κ1) is 13.6. The summed E-state index contributed by atoms with van der Waals surface area (Å²) in [5.41, 5.74) is 5.10. The van der Waals surface area contributed by atoms with E-state index < -0.39 is 6.04 Å². The van der Waals surface area contributed by atoms with Crippen LogP contribution in [0.15, 0.2) is 22.8 Å². The van der Waals surface area contributed by atoms with Gasteiger partial charge in [-0.2, -0.15) is 0 Å². The Morgan fingerprint density at radius 3 is 2.48 bits per heavy atom. The van der Waals surface area contributed by atoms with E-state index in [1.165, 1.54) is 6.26 Å². The Labute approximate surface area is 121 Å². The molecule has 1 aromatic rings. The van der Waals surface area contributed by atoms with Crippen LogP contribution >= 0.6 is 0 Å². The van der Waals surface area contributed by atoms with Crippen LogP contribution in [-0.2, 0) is 9.59 Å². The van der Waals surface area contributed by atoms with Gasteiger partial charge in [0.25, 0.3) is 5.91 Å². The molecule has 8 heteroatoms. The molecule has 2 aliphatic rings. The van der Waals surface area contributed by atoms with E-state index in [-0.39, 0.29) is 24.1 Å². The fraction of sp³-hybridized carbons (Fsp3) is 0.462. The molecule has 2 N–H and O–H groups in total. The van der Waals surface area contributed by atoms with E-state index in [1.807, 2.05) is 0 Å². The lowest BCUT2D eigenvalue weighted by molar-refractivity contribution is -0.135. The second-order valence-electron chi connectivity index (χ2n) is 5.04. The molecular formula is C13H16N4O4. The van der Waals surface area contributed by atoms with E-state index in [9.17, 15) is 14.4 Å². The number of rotatable bonds is 2. The number of furan rings is 1. The number of nitrogens with zero attached hydrogens (tertiary/aromatic N) is 2. The highest BCUT2D eigenvalue weighted by Gasteiger charge is 2.33. The number of carbonyl (C=O) groups is 3. The molecule has 3 rings (SSSR count). The fourth-order valence-electron chi connectivity index (χ4n) is 2.51. The third-order valence-corrected chi connectivity index (χ3v) is 3.68. The first-order valence-corrected chi connectivity index (χ1v) is 6.81. The van der Waals surface area contributed by atoms with Crippen molar-refractivity contribution in [1.29, 1.82) is 0 Å². The smallest absolute Gasteiger partial charge is 0.289 e. The lowest BCUT2D eigenvalue weighted by atomic mass is 10.2. The van der Waals surface area contributed by atoms with Gasteiger partial charge in [0.1, 0.15) is 6.04 Å². The second-order valence-corrected chi connectivity index (χ2v) is 5.04. The van der Waals surface area contributed by atoms with Crippen LogP contribution in [-0.4, -0.2) is 59.7 Å². The van der Waals surface area contributed by atoms with Gasteiger partial charge < -0.3 is 14.2 Å². The number of carbonyl (C=O) groups excluding carboxylic acids is 3. The highest BCUT2D eigenvalue weighted by molar-refractivity contribution is 5.92. The average Bonchev–Trinajstić information content (AvgIpc) is 3.17. The van der Waals surface area contributed by atoms with E-state index in [4.69, 9.17) is 4.42 Å². The Bertz CT molecular complexity index is 549. The number of piperazine rings is 1. The summed E-state index contributed by atoms with van der Waals surface area (Å²) in [5.74, 6) is -0.150. The molecule has 0 aromatic carbocycles. The molecule has 0 bridgehead atoms. The lowest BCUT2D eigenvalue weighted by Gasteiger charge is -2.35. The molecule has 1 atom stereocenters. The quantitative estimate of drug-likeness (QED) is 0.726. The molecule has 0 radical (unpaired) electrons. The molecule has 2 fully saturated rings. The minimum Gasteiger partial charge on any atom is -0.459 e. The van der Waals surface area contributed by atoms with E-state index in [1.54, 1.807) is 21.9 Å². The highest BCUT2D eigenvalue weighted by atomic mass is 16.3. The molecule has 2 aliphatic heterocycles. The second kappa shape index (κ2) is 5.57. The Kier molecular flexibility index (Phi) is 3.61. The van der Waals surface area contributed by atoms with Crippen LogP contribution in [0.4, 0.5) is 0 Å². The zero-order chi connectivity index (χ0) is 14.8. The van der Waals surface area contributed by atoms with Crippen LogP contribution in [0, 0.1) is 0 Å². The summed E-state index contributed by atoms with van der Waals surface area (Å²) in [6.07, 6.45) is 1.62. The van der Waals surface area contributed by atoms with Crippen molar-refractivity contribution in [1.82, 2.24) is 20.7 Å². The van der Waals surface area contributed by atoms with E-state index in [0.29, 0.717) is 31.9 Å². The molecule has 1 unspecified atom stereocenters. The van der Waals surface area contributed by atoms with E-state index >= 15 is 0 Å². The average molecular weight is 292 g/mol.